The Morgan fingerprint density at radius 2 is 2.32 bits per heavy atom. The molecule has 2 heterocycles. The summed E-state index contributed by atoms with van der Waals surface area (Å²) < 4.78 is 20.1. The second-order valence-electron chi connectivity index (χ2n) is 5.17. The summed E-state index contributed by atoms with van der Waals surface area (Å²) >= 11 is 6.08. The summed E-state index contributed by atoms with van der Waals surface area (Å²) in [5.74, 6) is 0.176. The number of halogens is 2. The van der Waals surface area contributed by atoms with Crippen molar-refractivity contribution in [2.75, 3.05) is 11.9 Å². The Kier molecular flexibility index (Phi) is 4.02. The average molecular weight is 324 g/mol. The van der Waals surface area contributed by atoms with E-state index in [0.29, 0.717) is 18.0 Å². The minimum absolute atomic E-state index is 0.0892. The van der Waals surface area contributed by atoms with E-state index in [1.807, 2.05) is 0 Å². The second-order valence-corrected chi connectivity index (χ2v) is 5.55. The lowest BCUT2D eigenvalue weighted by Crippen LogP contribution is -2.22. The first-order valence-corrected chi connectivity index (χ1v) is 7.34. The molecule has 22 heavy (non-hydrogen) atoms. The summed E-state index contributed by atoms with van der Waals surface area (Å²) in [6, 6.07) is 4.34. The normalized spacial score (nSPS) is 17.3. The molecule has 1 aromatic carbocycles. The third-order valence-corrected chi connectivity index (χ3v) is 4.02. The Balaban J connectivity index is 1.96. The minimum Gasteiger partial charge on any atom is -0.493 e. The lowest BCUT2D eigenvalue weighted by atomic mass is 10.0. The molecule has 3 rings (SSSR count). The Morgan fingerprint density at radius 1 is 1.50 bits per heavy atom. The van der Waals surface area contributed by atoms with Crippen LogP contribution in [0.5, 0.6) is 5.75 Å². The molecule has 1 atom stereocenters. The van der Waals surface area contributed by atoms with Crippen molar-refractivity contribution in [1.29, 1.82) is 0 Å². The maximum atomic E-state index is 13.4. The standard InChI is InChI=1S/C15H15ClFN3O2/c1-20-15(21)14(16)12(8-18-20)19-11-3-2-6-22-13-7-9(17)4-5-10(11)13/h4-5,7-8,11,19H,2-3,6H2,1H3. The van der Waals surface area contributed by atoms with Crippen LogP contribution in [-0.2, 0) is 7.05 Å². The number of rotatable bonds is 2. The molecule has 1 unspecified atom stereocenters. The van der Waals surface area contributed by atoms with Gasteiger partial charge in [0.25, 0.3) is 5.56 Å². The quantitative estimate of drug-likeness (QED) is 0.923. The van der Waals surface area contributed by atoms with Crippen LogP contribution in [0.15, 0.2) is 29.2 Å². The van der Waals surface area contributed by atoms with Crippen molar-refractivity contribution >= 4 is 17.3 Å². The molecular weight excluding hydrogens is 309 g/mol. The highest BCUT2D eigenvalue weighted by Gasteiger charge is 2.21. The van der Waals surface area contributed by atoms with Gasteiger partial charge in [-0.2, -0.15) is 5.10 Å². The van der Waals surface area contributed by atoms with Gasteiger partial charge in [0, 0.05) is 18.7 Å². The van der Waals surface area contributed by atoms with Crippen molar-refractivity contribution in [2.45, 2.75) is 18.9 Å². The predicted octanol–water partition coefficient (Wildman–Crippen LogP) is 2.90. The molecule has 0 fully saturated rings. The molecule has 7 heteroatoms. The second kappa shape index (κ2) is 5.96. The van der Waals surface area contributed by atoms with E-state index in [4.69, 9.17) is 16.3 Å². The van der Waals surface area contributed by atoms with Crippen LogP contribution in [0.25, 0.3) is 0 Å². The van der Waals surface area contributed by atoms with E-state index < -0.39 is 0 Å². The fourth-order valence-electron chi connectivity index (χ4n) is 2.50. The Labute approximate surface area is 131 Å². The van der Waals surface area contributed by atoms with Crippen molar-refractivity contribution in [2.24, 2.45) is 7.05 Å². The van der Waals surface area contributed by atoms with E-state index in [9.17, 15) is 9.18 Å². The molecule has 1 aliphatic rings. The minimum atomic E-state index is -0.365. The van der Waals surface area contributed by atoms with E-state index in [1.165, 1.54) is 30.1 Å². The first-order valence-electron chi connectivity index (χ1n) is 6.97. The topological polar surface area (TPSA) is 56.1 Å². The molecule has 116 valence electrons. The summed E-state index contributed by atoms with van der Waals surface area (Å²) in [5.41, 5.74) is 0.943. The van der Waals surface area contributed by atoms with Crippen LogP contribution in [0, 0.1) is 5.82 Å². The highest BCUT2D eigenvalue weighted by atomic mass is 35.5. The van der Waals surface area contributed by atoms with Gasteiger partial charge in [0.15, 0.2) is 0 Å². The lowest BCUT2D eigenvalue weighted by molar-refractivity contribution is 0.315. The summed E-state index contributed by atoms with van der Waals surface area (Å²) in [6.07, 6.45) is 3.10. The van der Waals surface area contributed by atoms with E-state index in [0.717, 1.165) is 18.4 Å². The molecule has 1 N–H and O–H groups in total. The summed E-state index contributed by atoms with van der Waals surface area (Å²) in [5, 5.41) is 7.28. The third-order valence-electron chi connectivity index (χ3n) is 3.65. The van der Waals surface area contributed by atoms with Crippen LogP contribution < -0.4 is 15.6 Å². The Morgan fingerprint density at radius 3 is 3.14 bits per heavy atom. The van der Waals surface area contributed by atoms with Gasteiger partial charge in [0.2, 0.25) is 0 Å². The van der Waals surface area contributed by atoms with Gasteiger partial charge in [-0.05, 0) is 18.9 Å². The fraction of sp³-hybridized carbons (Fsp3) is 0.333. The molecule has 1 aromatic heterocycles. The zero-order valence-corrected chi connectivity index (χ0v) is 12.7. The van der Waals surface area contributed by atoms with Crippen LogP contribution in [-0.4, -0.2) is 16.4 Å². The van der Waals surface area contributed by atoms with Crippen LogP contribution in [0.3, 0.4) is 0 Å². The van der Waals surface area contributed by atoms with Crippen LogP contribution >= 0.6 is 11.6 Å². The van der Waals surface area contributed by atoms with Crippen molar-refractivity contribution in [3.8, 4) is 5.75 Å². The molecule has 0 amide bonds. The van der Waals surface area contributed by atoms with Crippen molar-refractivity contribution in [3.63, 3.8) is 0 Å². The van der Waals surface area contributed by atoms with Crippen molar-refractivity contribution in [3.05, 3.63) is 51.2 Å². The zero-order chi connectivity index (χ0) is 15.7. The number of nitrogens with one attached hydrogen (secondary N) is 1. The third kappa shape index (κ3) is 2.78. The number of aromatic nitrogens is 2. The number of fused-ring (bicyclic) bond motifs is 1. The molecule has 0 saturated heterocycles. The maximum absolute atomic E-state index is 13.4. The molecular formula is C15H15ClFN3O2. The van der Waals surface area contributed by atoms with Crippen LogP contribution in [0.2, 0.25) is 5.02 Å². The van der Waals surface area contributed by atoms with Crippen molar-refractivity contribution in [1.82, 2.24) is 9.78 Å². The SMILES string of the molecule is Cn1ncc(NC2CCCOc3cc(F)ccc32)c(Cl)c1=O. The van der Waals surface area contributed by atoms with Crippen LogP contribution in [0.1, 0.15) is 24.4 Å². The van der Waals surface area contributed by atoms with Crippen molar-refractivity contribution < 1.29 is 9.13 Å². The fourth-order valence-corrected chi connectivity index (χ4v) is 2.72. The van der Waals surface area contributed by atoms with E-state index in [-0.39, 0.29) is 22.4 Å². The number of aryl methyl sites for hydroxylation is 1. The first kappa shape index (κ1) is 14.8. The van der Waals surface area contributed by atoms with Gasteiger partial charge in [-0.3, -0.25) is 4.79 Å². The number of anilines is 1. The smallest absolute Gasteiger partial charge is 0.287 e. The van der Waals surface area contributed by atoms with E-state index >= 15 is 0 Å². The number of benzene rings is 1. The molecule has 0 aliphatic carbocycles. The zero-order valence-electron chi connectivity index (χ0n) is 12.0. The lowest BCUT2D eigenvalue weighted by Gasteiger charge is -2.20. The first-order chi connectivity index (χ1) is 10.6. The molecule has 0 radical (unpaired) electrons. The van der Waals surface area contributed by atoms with Crippen LogP contribution in [0.4, 0.5) is 10.1 Å². The molecule has 5 nitrogen and oxygen atoms in total. The summed E-state index contributed by atoms with van der Waals surface area (Å²) in [4.78, 5) is 11.8. The van der Waals surface area contributed by atoms with E-state index in [2.05, 4.69) is 10.4 Å². The monoisotopic (exact) mass is 323 g/mol. The molecule has 0 bridgehead atoms. The van der Waals surface area contributed by atoms with Gasteiger partial charge in [0.1, 0.15) is 16.6 Å². The summed E-state index contributed by atoms with van der Waals surface area (Å²) in [7, 11) is 1.54. The predicted molar refractivity (Wildman–Crippen MR) is 82.0 cm³/mol. The number of nitrogens with zero attached hydrogens (tertiary/aromatic N) is 2. The maximum Gasteiger partial charge on any atom is 0.287 e. The largest absolute Gasteiger partial charge is 0.493 e. The molecule has 1 aliphatic heterocycles. The highest BCUT2D eigenvalue weighted by molar-refractivity contribution is 6.32. The van der Waals surface area contributed by atoms with E-state index in [1.54, 1.807) is 6.07 Å². The highest BCUT2D eigenvalue weighted by Crippen LogP contribution is 2.35. The van der Waals surface area contributed by atoms with Gasteiger partial charge < -0.3 is 10.1 Å². The number of ether oxygens (including phenoxy) is 1. The Hall–Kier alpha value is -2.08. The molecule has 2 aromatic rings. The van der Waals surface area contributed by atoms with Gasteiger partial charge in [-0.1, -0.05) is 17.7 Å². The Bertz CT molecular complexity index is 763. The molecule has 0 spiro atoms. The van der Waals surface area contributed by atoms with Gasteiger partial charge in [0.05, 0.1) is 24.5 Å². The van der Waals surface area contributed by atoms with Gasteiger partial charge in [-0.15, -0.1) is 0 Å². The average Bonchev–Trinajstić information content (AvgIpc) is 2.70. The van der Waals surface area contributed by atoms with Gasteiger partial charge in [-0.25, -0.2) is 9.07 Å². The number of hydrogen-bond donors (Lipinski definition) is 1. The van der Waals surface area contributed by atoms with Gasteiger partial charge >= 0.3 is 0 Å². The summed E-state index contributed by atoms with van der Waals surface area (Å²) in [6.45, 7) is 0.525. The number of hydrogen-bond acceptors (Lipinski definition) is 4. The molecule has 0 saturated carbocycles.